The van der Waals surface area contributed by atoms with E-state index in [4.69, 9.17) is 5.73 Å². The standard InChI is InChI=1S/C12H17N3O2/c1-8-4-5-9(2)10(6-8)7-11(16)14-15(3)12(13)17/h4-6H,7H2,1-3H3,(H2,13,17)(H,14,16). The second-order valence-corrected chi connectivity index (χ2v) is 4.04. The Kier molecular flexibility index (Phi) is 4.09. The quantitative estimate of drug-likeness (QED) is 0.747. The van der Waals surface area contributed by atoms with Gasteiger partial charge in [-0.15, -0.1) is 0 Å². The molecule has 0 radical (unpaired) electrons. The van der Waals surface area contributed by atoms with Gasteiger partial charge in [0.2, 0.25) is 5.91 Å². The van der Waals surface area contributed by atoms with E-state index in [1.807, 2.05) is 32.0 Å². The van der Waals surface area contributed by atoms with Gasteiger partial charge >= 0.3 is 6.03 Å². The largest absolute Gasteiger partial charge is 0.350 e. The number of amides is 3. The predicted molar refractivity (Wildman–Crippen MR) is 65.1 cm³/mol. The molecule has 3 amide bonds. The zero-order valence-corrected chi connectivity index (χ0v) is 10.3. The SMILES string of the molecule is Cc1ccc(C)c(CC(=O)NN(C)C(N)=O)c1. The van der Waals surface area contributed by atoms with Crippen LogP contribution in [0.2, 0.25) is 0 Å². The molecule has 0 atom stereocenters. The molecule has 0 saturated carbocycles. The molecule has 0 spiro atoms. The van der Waals surface area contributed by atoms with Crippen molar-refractivity contribution < 1.29 is 9.59 Å². The number of carbonyl (C=O) groups excluding carboxylic acids is 2. The van der Waals surface area contributed by atoms with Crippen LogP contribution < -0.4 is 11.2 Å². The first kappa shape index (κ1) is 13.0. The molecule has 0 saturated heterocycles. The van der Waals surface area contributed by atoms with Gasteiger partial charge in [0, 0.05) is 7.05 Å². The van der Waals surface area contributed by atoms with Gasteiger partial charge in [0.05, 0.1) is 6.42 Å². The smallest absolute Gasteiger partial charge is 0.333 e. The Hall–Kier alpha value is -2.04. The summed E-state index contributed by atoms with van der Waals surface area (Å²) >= 11 is 0. The molecule has 0 aliphatic rings. The third-order valence-corrected chi connectivity index (χ3v) is 2.48. The molecule has 3 N–H and O–H groups in total. The molecule has 1 rings (SSSR count). The second kappa shape index (κ2) is 5.34. The molecule has 0 bridgehead atoms. The van der Waals surface area contributed by atoms with Crippen molar-refractivity contribution in [3.05, 3.63) is 34.9 Å². The lowest BCUT2D eigenvalue weighted by Crippen LogP contribution is -2.46. The topological polar surface area (TPSA) is 75.4 Å². The van der Waals surface area contributed by atoms with Crippen molar-refractivity contribution in [1.82, 2.24) is 10.4 Å². The van der Waals surface area contributed by atoms with Crippen molar-refractivity contribution in [2.75, 3.05) is 7.05 Å². The summed E-state index contributed by atoms with van der Waals surface area (Å²) in [5.41, 5.74) is 10.5. The van der Waals surface area contributed by atoms with E-state index < -0.39 is 6.03 Å². The minimum absolute atomic E-state index is 0.227. The van der Waals surface area contributed by atoms with E-state index in [-0.39, 0.29) is 12.3 Å². The Balaban J connectivity index is 2.68. The Labute approximate surface area is 101 Å². The molecule has 92 valence electrons. The number of benzene rings is 1. The van der Waals surface area contributed by atoms with Crippen molar-refractivity contribution in [3.8, 4) is 0 Å². The summed E-state index contributed by atoms with van der Waals surface area (Å²) in [4.78, 5) is 22.4. The van der Waals surface area contributed by atoms with Crippen LogP contribution in [0.25, 0.3) is 0 Å². The fraction of sp³-hybridized carbons (Fsp3) is 0.333. The number of aryl methyl sites for hydroxylation is 2. The van der Waals surface area contributed by atoms with Crippen LogP contribution in [-0.4, -0.2) is 24.0 Å². The highest BCUT2D eigenvalue weighted by Gasteiger charge is 2.10. The monoisotopic (exact) mass is 235 g/mol. The lowest BCUT2D eigenvalue weighted by atomic mass is 10.0. The van der Waals surface area contributed by atoms with E-state index in [0.717, 1.165) is 21.7 Å². The average Bonchev–Trinajstić information content (AvgIpc) is 2.23. The van der Waals surface area contributed by atoms with E-state index >= 15 is 0 Å². The molecule has 5 heteroatoms. The van der Waals surface area contributed by atoms with Gasteiger partial charge in [-0.2, -0.15) is 0 Å². The lowest BCUT2D eigenvalue weighted by Gasteiger charge is -2.16. The Morgan fingerprint density at radius 2 is 2.00 bits per heavy atom. The molecule has 0 unspecified atom stereocenters. The van der Waals surface area contributed by atoms with Crippen LogP contribution in [0.15, 0.2) is 18.2 Å². The summed E-state index contributed by atoms with van der Waals surface area (Å²) in [6.45, 7) is 3.91. The van der Waals surface area contributed by atoms with Gasteiger partial charge in [0.25, 0.3) is 0 Å². The van der Waals surface area contributed by atoms with Gasteiger partial charge in [-0.3, -0.25) is 10.2 Å². The number of hydrazine groups is 1. The fourth-order valence-electron chi connectivity index (χ4n) is 1.45. The minimum Gasteiger partial charge on any atom is -0.350 e. The molecular weight excluding hydrogens is 218 g/mol. The average molecular weight is 235 g/mol. The molecular formula is C12H17N3O2. The van der Waals surface area contributed by atoms with Gasteiger partial charge in [-0.25, -0.2) is 9.80 Å². The molecule has 1 aromatic rings. The number of carbonyl (C=O) groups is 2. The number of primary amides is 1. The van der Waals surface area contributed by atoms with E-state index in [2.05, 4.69) is 5.43 Å². The van der Waals surface area contributed by atoms with E-state index in [9.17, 15) is 9.59 Å². The second-order valence-electron chi connectivity index (χ2n) is 4.04. The Morgan fingerprint density at radius 1 is 1.35 bits per heavy atom. The Bertz CT molecular complexity index is 443. The number of nitrogens with two attached hydrogens (primary N) is 1. The van der Waals surface area contributed by atoms with Crippen molar-refractivity contribution in [2.45, 2.75) is 20.3 Å². The third-order valence-electron chi connectivity index (χ3n) is 2.48. The summed E-state index contributed by atoms with van der Waals surface area (Å²) in [5.74, 6) is -0.264. The molecule has 17 heavy (non-hydrogen) atoms. The molecule has 0 aromatic heterocycles. The third kappa shape index (κ3) is 3.79. The summed E-state index contributed by atoms with van der Waals surface area (Å²) < 4.78 is 0. The number of nitrogens with one attached hydrogen (secondary N) is 1. The molecule has 0 aliphatic heterocycles. The number of hydrogen-bond acceptors (Lipinski definition) is 2. The van der Waals surface area contributed by atoms with Crippen LogP contribution in [0.5, 0.6) is 0 Å². The first-order chi connectivity index (χ1) is 7.90. The highest BCUT2D eigenvalue weighted by Crippen LogP contribution is 2.11. The molecule has 0 heterocycles. The minimum atomic E-state index is -0.695. The molecule has 1 aromatic carbocycles. The van der Waals surface area contributed by atoms with Gasteiger partial charge in [0.15, 0.2) is 0 Å². The van der Waals surface area contributed by atoms with Gasteiger partial charge in [-0.05, 0) is 25.0 Å². The lowest BCUT2D eigenvalue weighted by molar-refractivity contribution is -0.123. The van der Waals surface area contributed by atoms with Crippen LogP contribution in [0.1, 0.15) is 16.7 Å². The summed E-state index contributed by atoms with van der Waals surface area (Å²) in [6, 6.07) is 5.22. The summed E-state index contributed by atoms with van der Waals surface area (Å²) in [7, 11) is 1.41. The highest BCUT2D eigenvalue weighted by atomic mass is 16.2. The zero-order chi connectivity index (χ0) is 13.0. The van der Waals surface area contributed by atoms with Crippen LogP contribution in [0.4, 0.5) is 4.79 Å². The van der Waals surface area contributed by atoms with Gasteiger partial charge in [-0.1, -0.05) is 23.8 Å². The normalized spacial score (nSPS) is 9.82. The van der Waals surface area contributed by atoms with E-state index in [1.165, 1.54) is 7.05 Å². The number of hydrogen-bond donors (Lipinski definition) is 2. The first-order valence-corrected chi connectivity index (χ1v) is 5.29. The van der Waals surface area contributed by atoms with Crippen LogP contribution in [0.3, 0.4) is 0 Å². The molecule has 0 aliphatic carbocycles. The van der Waals surface area contributed by atoms with E-state index in [0.29, 0.717) is 0 Å². The fourth-order valence-corrected chi connectivity index (χ4v) is 1.45. The maximum atomic E-state index is 11.6. The first-order valence-electron chi connectivity index (χ1n) is 5.29. The van der Waals surface area contributed by atoms with Gasteiger partial charge < -0.3 is 5.73 Å². The number of rotatable bonds is 2. The number of urea groups is 1. The summed E-state index contributed by atoms with van der Waals surface area (Å²) in [6.07, 6.45) is 0.227. The van der Waals surface area contributed by atoms with Crippen molar-refractivity contribution in [2.24, 2.45) is 5.73 Å². The number of nitrogens with zero attached hydrogens (tertiary/aromatic N) is 1. The van der Waals surface area contributed by atoms with Crippen LogP contribution in [-0.2, 0) is 11.2 Å². The van der Waals surface area contributed by atoms with Gasteiger partial charge in [0.1, 0.15) is 0 Å². The maximum Gasteiger partial charge on any atom is 0.333 e. The Morgan fingerprint density at radius 3 is 2.59 bits per heavy atom. The van der Waals surface area contributed by atoms with Crippen LogP contribution in [0, 0.1) is 13.8 Å². The van der Waals surface area contributed by atoms with Crippen molar-refractivity contribution >= 4 is 11.9 Å². The predicted octanol–water partition coefficient (Wildman–Crippen LogP) is 0.888. The summed E-state index contributed by atoms with van der Waals surface area (Å²) in [5, 5.41) is 0.966. The molecule has 5 nitrogen and oxygen atoms in total. The maximum absolute atomic E-state index is 11.6. The highest BCUT2D eigenvalue weighted by molar-refractivity contribution is 5.82. The van der Waals surface area contributed by atoms with Crippen molar-refractivity contribution in [1.29, 1.82) is 0 Å². The zero-order valence-electron chi connectivity index (χ0n) is 10.3. The van der Waals surface area contributed by atoms with E-state index in [1.54, 1.807) is 0 Å². The molecule has 0 fully saturated rings. The van der Waals surface area contributed by atoms with Crippen molar-refractivity contribution in [3.63, 3.8) is 0 Å². The van der Waals surface area contributed by atoms with Crippen LogP contribution >= 0.6 is 0 Å².